The lowest BCUT2D eigenvalue weighted by Gasteiger charge is -2.36. The number of alkyl halides is 4. The van der Waals surface area contributed by atoms with Gasteiger partial charge in [0.05, 0.1) is 29.3 Å². The van der Waals surface area contributed by atoms with Crippen LogP contribution in [0.15, 0.2) is 35.3 Å². The summed E-state index contributed by atoms with van der Waals surface area (Å²) in [5.41, 5.74) is -3.02. The number of aliphatic hydroxyl groups is 1. The van der Waals surface area contributed by atoms with Crippen LogP contribution < -0.4 is 20.5 Å². The highest BCUT2D eigenvalue weighted by atomic mass is 32.2. The molecule has 1 aliphatic heterocycles. The Hall–Kier alpha value is -3.20. The van der Waals surface area contributed by atoms with Crippen molar-refractivity contribution in [3.63, 3.8) is 0 Å². The van der Waals surface area contributed by atoms with Crippen LogP contribution in [0.1, 0.15) is 42.1 Å². The van der Waals surface area contributed by atoms with Crippen molar-refractivity contribution in [2.24, 2.45) is 11.3 Å². The average molecular weight is 591 g/mol. The van der Waals surface area contributed by atoms with Crippen molar-refractivity contribution in [1.29, 1.82) is 0 Å². The normalized spacial score (nSPS) is 23.9. The SMILES string of the molecule is O=C(Nc1cccn(C2CC(F)(F)C2)c1=O)c1c(F)cc(NS(=O)(=O)CCO)cc1N1CC[C@@]2(C(F)F)C[C@H]2C1. The lowest BCUT2D eigenvalue weighted by atomic mass is 9.88. The first-order valence-electron chi connectivity index (χ1n) is 12.6. The molecular weight excluding hydrogens is 563 g/mol. The van der Waals surface area contributed by atoms with E-state index in [4.69, 9.17) is 5.11 Å². The highest BCUT2D eigenvalue weighted by molar-refractivity contribution is 7.92. The topological polar surface area (TPSA) is 121 Å². The van der Waals surface area contributed by atoms with E-state index in [1.807, 2.05) is 0 Å². The molecule has 2 saturated carbocycles. The fraction of sp³-hybridized carbons (Fsp3) is 0.520. The van der Waals surface area contributed by atoms with Crippen molar-refractivity contribution in [3.8, 4) is 0 Å². The maximum Gasteiger partial charge on any atom is 0.274 e. The van der Waals surface area contributed by atoms with Crippen molar-refractivity contribution in [1.82, 2.24) is 4.57 Å². The molecule has 0 bridgehead atoms. The van der Waals surface area contributed by atoms with E-state index < -0.39 is 87.8 Å². The number of rotatable bonds is 9. The van der Waals surface area contributed by atoms with E-state index in [-0.39, 0.29) is 43.0 Å². The Balaban J connectivity index is 1.47. The van der Waals surface area contributed by atoms with Crippen LogP contribution in [0.2, 0.25) is 0 Å². The van der Waals surface area contributed by atoms with Crippen LogP contribution in [0.5, 0.6) is 0 Å². The van der Waals surface area contributed by atoms with Gasteiger partial charge in [0.25, 0.3) is 17.4 Å². The fourth-order valence-electron chi connectivity index (χ4n) is 5.63. The van der Waals surface area contributed by atoms with Crippen LogP contribution in [0.4, 0.5) is 39.0 Å². The molecule has 0 spiro atoms. The second-order valence-corrected chi connectivity index (χ2v) is 12.5. The van der Waals surface area contributed by atoms with Gasteiger partial charge in [-0.15, -0.1) is 0 Å². The molecule has 40 heavy (non-hydrogen) atoms. The number of halogens is 5. The first-order valence-corrected chi connectivity index (χ1v) is 14.3. The number of aliphatic hydroxyl groups excluding tert-OH is 1. The summed E-state index contributed by atoms with van der Waals surface area (Å²) in [4.78, 5) is 27.8. The molecule has 1 amide bonds. The Bertz CT molecular complexity index is 1490. The molecule has 3 N–H and O–H groups in total. The smallest absolute Gasteiger partial charge is 0.274 e. The lowest BCUT2D eigenvalue weighted by molar-refractivity contribution is -0.104. The largest absolute Gasteiger partial charge is 0.395 e. The number of piperidine rings is 1. The third-order valence-corrected chi connectivity index (χ3v) is 9.22. The van der Waals surface area contributed by atoms with E-state index in [9.17, 15) is 35.6 Å². The molecule has 3 aliphatic rings. The number of anilines is 3. The van der Waals surface area contributed by atoms with Crippen LogP contribution >= 0.6 is 0 Å². The number of pyridine rings is 1. The van der Waals surface area contributed by atoms with E-state index in [1.165, 1.54) is 29.3 Å². The number of nitrogens with one attached hydrogen (secondary N) is 2. The quantitative estimate of drug-likeness (QED) is 0.385. The fourth-order valence-corrected chi connectivity index (χ4v) is 6.45. The van der Waals surface area contributed by atoms with E-state index in [0.29, 0.717) is 0 Å². The summed E-state index contributed by atoms with van der Waals surface area (Å²) < 4.78 is 96.9. The van der Waals surface area contributed by atoms with Gasteiger partial charge in [0.1, 0.15) is 11.5 Å². The lowest BCUT2D eigenvalue weighted by Crippen LogP contribution is -2.41. The van der Waals surface area contributed by atoms with Gasteiger partial charge in [-0.1, -0.05) is 0 Å². The number of nitrogens with zero attached hydrogens (tertiary/aromatic N) is 2. The predicted molar refractivity (Wildman–Crippen MR) is 136 cm³/mol. The summed E-state index contributed by atoms with van der Waals surface area (Å²) >= 11 is 0. The van der Waals surface area contributed by atoms with E-state index in [2.05, 4.69) is 10.0 Å². The van der Waals surface area contributed by atoms with Crippen LogP contribution in [-0.2, 0) is 10.0 Å². The molecule has 2 aliphatic carbocycles. The molecule has 1 aromatic carbocycles. The molecule has 2 aromatic rings. The van der Waals surface area contributed by atoms with Crippen molar-refractivity contribution < 1.29 is 40.3 Å². The minimum Gasteiger partial charge on any atom is -0.395 e. The number of amides is 1. The van der Waals surface area contributed by atoms with Crippen molar-refractivity contribution in [3.05, 3.63) is 52.2 Å². The Labute approximate surface area is 226 Å². The first kappa shape index (κ1) is 28.3. The van der Waals surface area contributed by atoms with Crippen LogP contribution in [-0.4, -0.2) is 61.8 Å². The second kappa shape index (κ2) is 10.0. The number of carbonyl (C=O) groups is 1. The molecule has 1 aromatic heterocycles. The van der Waals surface area contributed by atoms with Crippen molar-refractivity contribution in [2.75, 3.05) is 40.4 Å². The second-order valence-electron chi connectivity index (χ2n) is 10.6. The maximum atomic E-state index is 15.5. The predicted octanol–water partition coefficient (Wildman–Crippen LogP) is 3.43. The number of carbonyl (C=O) groups excluding carboxylic acids is 1. The zero-order valence-corrected chi connectivity index (χ0v) is 21.9. The van der Waals surface area contributed by atoms with Gasteiger partial charge in [0.15, 0.2) is 0 Å². The van der Waals surface area contributed by atoms with E-state index in [1.54, 1.807) is 0 Å². The zero-order chi connectivity index (χ0) is 29.0. The summed E-state index contributed by atoms with van der Waals surface area (Å²) in [6.07, 6.45) is -1.95. The number of aromatic nitrogens is 1. The van der Waals surface area contributed by atoms with Gasteiger partial charge >= 0.3 is 0 Å². The number of benzene rings is 1. The maximum absolute atomic E-state index is 15.5. The summed E-state index contributed by atoms with van der Waals surface area (Å²) in [6.45, 7) is -0.575. The Morgan fingerprint density at radius 2 is 1.93 bits per heavy atom. The molecule has 2 heterocycles. The van der Waals surface area contributed by atoms with Crippen LogP contribution in [0.3, 0.4) is 0 Å². The molecule has 218 valence electrons. The Morgan fingerprint density at radius 3 is 2.55 bits per heavy atom. The van der Waals surface area contributed by atoms with Gasteiger partial charge in [-0.05, 0) is 43.0 Å². The monoisotopic (exact) mass is 590 g/mol. The van der Waals surface area contributed by atoms with Gasteiger partial charge in [-0.25, -0.2) is 30.4 Å². The molecular formula is C25H27F5N4O5S. The third-order valence-electron chi connectivity index (χ3n) is 7.96. The Kier molecular flexibility index (Phi) is 7.09. The van der Waals surface area contributed by atoms with Crippen LogP contribution in [0.25, 0.3) is 0 Å². The molecule has 1 saturated heterocycles. The first-order chi connectivity index (χ1) is 18.7. The minimum atomic E-state index is -4.06. The zero-order valence-electron chi connectivity index (χ0n) is 21.0. The number of sulfonamides is 1. The molecule has 3 fully saturated rings. The standard InChI is InChI=1S/C25H27F5N4O5S/c26-17-8-15(32-40(38,39)7-6-35)9-19(33-5-3-24(23(27)28)10-14(24)13-33)20(17)21(36)31-18-2-1-4-34(22(18)37)16-11-25(29,30)12-16/h1-2,4,8-9,14,16,23,32,35H,3,5-7,10-13H2,(H,31,36)/t14-,24+/m0/s1. The molecule has 15 heteroatoms. The molecule has 9 nitrogen and oxygen atoms in total. The molecule has 5 rings (SSSR count). The van der Waals surface area contributed by atoms with E-state index in [0.717, 1.165) is 10.6 Å². The van der Waals surface area contributed by atoms with Crippen molar-refractivity contribution >= 4 is 33.0 Å². The van der Waals surface area contributed by atoms with Gasteiger partial charge in [0.2, 0.25) is 16.4 Å². The minimum absolute atomic E-state index is 0.0431. The van der Waals surface area contributed by atoms with Gasteiger partial charge < -0.3 is 19.9 Å². The van der Waals surface area contributed by atoms with Gasteiger partial charge in [-0.3, -0.25) is 14.3 Å². The number of hydrogen-bond acceptors (Lipinski definition) is 6. The van der Waals surface area contributed by atoms with E-state index >= 15 is 4.39 Å². The summed E-state index contributed by atoms with van der Waals surface area (Å²) in [5.74, 6) is -6.17. The highest BCUT2D eigenvalue weighted by Gasteiger charge is 2.62. The molecule has 0 unspecified atom stereocenters. The Morgan fingerprint density at radius 1 is 1.20 bits per heavy atom. The van der Waals surface area contributed by atoms with Gasteiger partial charge in [0, 0.05) is 43.6 Å². The number of fused-ring (bicyclic) bond motifs is 1. The summed E-state index contributed by atoms with van der Waals surface area (Å²) in [5, 5.41) is 11.3. The van der Waals surface area contributed by atoms with Gasteiger partial charge in [-0.2, -0.15) is 0 Å². The average Bonchev–Trinajstić information content (AvgIpc) is 3.58. The summed E-state index contributed by atoms with van der Waals surface area (Å²) in [7, 11) is -4.06. The van der Waals surface area contributed by atoms with Crippen LogP contribution in [0, 0.1) is 17.2 Å². The van der Waals surface area contributed by atoms with Crippen molar-refractivity contribution in [2.45, 2.75) is 44.1 Å². The summed E-state index contributed by atoms with van der Waals surface area (Å²) in [6, 6.07) is 3.82. The third kappa shape index (κ3) is 5.28. The highest BCUT2D eigenvalue weighted by Crippen LogP contribution is 2.62. The molecule has 0 radical (unpaired) electrons. The number of hydrogen-bond donors (Lipinski definition) is 3. The molecule has 2 atom stereocenters.